The number of rotatable bonds is 6. The first-order valence-corrected chi connectivity index (χ1v) is 9.16. The van der Waals surface area contributed by atoms with Gasteiger partial charge in [0.15, 0.2) is 6.61 Å². The van der Waals surface area contributed by atoms with Gasteiger partial charge in [-0.25, -0.2) is 9.48 Å². The fourth-order valence-corrected chi connectivity index (χ4v) is 3.03. The number of aromatic nitrogens is 2. The van der Waals surface area contributed by atoms with Crippen molar-refractivity contribution < 1.29 is 14.3 Å². The number of amides is 1. The van der Waals surface area contributed by atoms with E-state index in [2.05, 4.69) is 5.10 Å². The maximum Gasteiger partial charge on any atom is 0.331 e. The Hall–Kier alpha value is -3.19. The molecule has 3 aromatic rings. The summed E-state index contributed by atoms with van der Waals surface area (Å²) in [5.74, 6) is -0.845. The minimum atomic E-state index is -0.574. The molecule has 0 unspecified atom stereocenters. The molecule has 27 heavy (non-hydrogen) atoms. The summed E-state index contributed by atoms with van der Waals surface area (Å²) in [5, 5.41) is 6.64. The van der Waals surface area contributed by atoms with Gasteiger partial charge in [-0.05, 0) is 29.7 Å². The molecule has 0 atom stereocenters. The van der Waals surface area contributed by atoms with Crippen molar-refractivity contribution >= 4 is 29.3 Å². The summed E-state index contributed by atoms with van der Waals surface area (Å²) in [7, 11) is 3.22. The molecular formula is C20H19N3O3S. The van der Waals surface area contributed by atoms with Crippen LogP contribution in [0.1, 0.15) is 5.56 Å². The highest BCUT2D eigenvalue weighted by atomic mass is 32.1. The molecule has 0 aliphatic rings. The number of nitrogens with zero attached hydrogens (tertiary/aromatic N) is 3. The van der Waals surface area contributed by atoms with Crippen LogP contribution in [0.4, 0.5) is 0 Å². The lowest BCUT2D eigenvalue weighted by Gasteiger charge is -2.09. The van der Waals surface area contributed by atoms with Gasteiger partial charge in [-0.15, -0.1) is 11.3 Å². The molecule has 0 aliphatic carbocycles. The van der Waals surface area contributed by atoms with E-state index in [9.17, 15) is 9.59 Å². The minimum absolute atomic E-state index is 0.270. The van der Waals surface area contributed by atoms with Crippen LogP contribution in [0.3, 0.4) is 0 Å². The van der Waals surface area contributed by atoms with Crippen LogP contribution in [-0.2, 0) is 14.3 Å². The Kier molecular flexibility index (Phi) is 5.83. The zero-order valence-electron chi connectivity index (χ0n) is 15.0. The Morgan fingerprint density at radius 3 is 2.63 bits per heavy atom. The van der Waals surface area contributed by atoms with Crippen LogP contribution < -0.4 is 0 Å². The largest absolute Gasteiger partial charge is 0.452 e. The van der Waals surface area contributed by atoms with E-state index in [1.807, 2.05) is 54.0 Å². The van der Waals surface area contributed by atoms with Crippen LogP contribution in [-0.4, -0.2) is 47.3 Å². The van der Waals surface area contributed by atoms with Crippen LogP contribution in [0, 0.1) is 0 Å². The van der Waals surface area contributed by atoms with Crippen molar-refractivity contribution in [1.82, 2.24) is 14.7 Å². The van der Waals surface area contributed by atoms with Gasteiger partial charge >= 0.3 is 5.97 Å². The SMILES string of the molecule is CN(C)C(=O)COC(=O)/C=C/c1cn(-c2ccccc2)nc1-c1cccs1. The number of hydrogen-bond donors (Lipinski definition) is 0. The Morgan fingerprint density at radius 2 is 1.96 bits per heavy atom. The quantitative estimate of drug-likeness (QED) is 0.486. The number of carbonyl (C=O) groups is 2. The molecule has 0 fully saturated rings. The third-order valence-electron chi connectivity index (χ3n) is 3.75. The van der Waals surface area contributed by atoms with Crippen molar-refractivity contribution in [1.29, 1.82) is 0 Å². The highest BCUT2D eigenvalue weighted by molar-refractivity contribution is 7.13. The molecule has 6 nitrogen and oxygen atoms in total. The van der Waals surface area contributed by atoms with Gasteiger partial charge < -0.3 is 9.64 Å². The Morgan fingerprint density at radius 1 is 1.19 bits per heavy atom. The van der Waals surface area contributed by atoms with Gasteiger partial charge in [0.1, 0.15) is 5.69 Å². The average molecular weight is 381 g/mol. The summed E-state index contributed by atoms with van der Waals surface area (Å²) >= 11 is 1.57. The Bertz CT molecular complexity index is 944. The van der Waals surface area contributed by atoms with Gasteiger partial charge in [0, 0.05) is 31.9 Å². The van der Waals surface area contributed by atoms with E-state index in [4.69, 9.17) is 4.74 Å². The summed E-state index contributed by atoms with van der Waals surface area (Å²) in [6.07, 6.45) is 4.83. The van der Waals surface area contributed by atoms with Crippen molar-refractivity contribution in [2.24, 2.45) is 0 Å². The van der Waals surface area contributed by atoms with E-state index in [-0.39, 0.29) is 12.5 Å². The van der Waals surface area contributed by atoms with Gasteiger partial charge in [-0.2, -0.15) is 5.10 Å². The molecule has 3 rings (SSSR count). The van der Waals surface area contributed by atoms with E-state index < -0.39 is 5.97 Å². The number of hydrogen-bond acceptors (Lipinski definition) is 5. The van der Waals surface area contributed by atoms with Gasteiger partial charge in [-0.1, -0.05) is 24.3 Å². The first-order valence-electron chi connectivity index (χ1n) is 8.28. The van der Waals surface area contributed by atoms with Crippen molar-refractivity contribution in [3.05, 3.63) is 65.7 Å². The van der Waals surface area contributed by atoms with E-state index >= 15 is 0 Å². The fraction of sp³-hybridized carbons (Fsp3) is 0.150. The number of benzene rings is 1. The zero-order valence-corrected chi connectivity index (χ0v) is 15.8. The normalized spacial score (nSPS) is 10.9. The third-order valence-corrected chi connectivity index (χ3v) is 4.63. The molecule has 0 spiro atoms. The van der Waals surface area contributed by atoms with Gasteiger partial charge in [-0.3, -0.25) is 4.79 Å². The number of esters is 1. The zero-order chi connectivity index (χ0) is 19.2. The van der Waals surface area contributed by atoms with Gasteiger partial charge in [0.05, 0.1) is 10.6 Å². The Balaban J connectivity index is 1.82. The topological polar surface area (TPSA) is 64.4 Å². The predicted molar refractivity (Wildman–Crippen MR) is 106 cm³/mol. The smallest absolute Gasteiger partial charge is 0.331 e. The van der Waals surface area contributed by atoms with Crippen LogP contribution >= 0.6 is 11.3 Å². The van der Waals surface area contributed by atoms with E-state index in [0.29, 0.717) is 0 Å². The molecule has 0 saturated carbocycles. The third kappa shape index (κ3) is 4.71. The predicted octanol–water partition coefficient (Wildman–Crippen LogP) is 3.25. The standard InChI is InChI=1S/C20H19N3O3S/c1-22(2)18(24)14-26-19(25)11-10-15-13-23(16-7-4-3-5-8-16)21-20(15)17-9-6-12-27-17/h3-13H,14H2,1-2H3/b11-10+. The first-order chi connectivity index (χ1) is 13.0. The summed E-state index contributed by atoms with van der Waals surface area (Å²) in [4.78, 5) is 25.8. The second kappa shape index (κ2) is 8.46. The number of thiophene rings is 1. The maximum absolute atomic E-state index is 11.9. The highest BCUT2D eigenvalue weighted by Gasteiger charge is 2.12. The van der Waals surface area contributed by atoms with Crippen molar-refractivity contribution in [3.63, 3.8) is 0 Å². The van der Waals surface area contributed by atoms with Crippen LogP contribution in [0.25, 0.3) is 22.3 Å². The average Bonchev–Trinajstić information content (AvgIpc) is 3.34. The van der Waals surface area contributed by atoms with Crippen LogP contribution in [0.2, 0.25) is 0 Å². The van der Waals surface area contributed by atoms with E-state index in [1.54, 1.807) is 36.2 Å². The molecule has 0 N–H and O–H groups in total. The summed E-state index contributed by atoms with van der Waals surface area (Å²) in [6.45, 7) is -0.281. The highest BCUT2D eigenvalue weighted by Crippen LogP contribution is 2.28. The number of carbonyl (C=O) groups excluding carboxylic acids is 2. The molecule has 2 heterocycles. The molecule has 1 amide bonds. The molecule has 0 radical (unpaired) electrons. The second-order valence-electron chi connectivity index (χ2n) is 5.92. The van der Waals surface area contributed by atoms with Crippen molar-refractivity contribution in [3.8, 4) is 16.3 Å². The van der Waals surface area contributed by atoms with Gasteiger partial charge in [0.2, 0.25) is 0 Å². The molecule has 0 bridgehead atoms. The first kappa shape index (κ1) is 18.6. The lowest BCUT2D eigenvalue weighted by atomic mass is 10.2. The Labute approximate surface area is 161 Å². The molecule has 0 aliphatic heterocycles. The minimum Gasteiger partial charge on any atom is -0.452 e. The number of ether oxygens (including phenoxy) is 1. The lowest BCUT2D eigenvalue weighted by molar-refractivity contribution is -0.146. The molecule has 2 aromatic heterocycles. The summed E-state index contributed by atoms with van der Waals surface area (Å²) in [6, 6.07) is 13.7. The maximum atomic E-state index is 11.9. The molecule has 1 aromatic carbocycles. The lowest BCUT2D eigenvalue weighted by Crippen LogP contribution is -2.27. The number of para-hydroxylation sites is 1. The fourth-order valence-electron chi connectivity index (χ4n) is 2.29. The van der Waals surface area contributed by atoms with Gasteiger partial charge in [0.25, 0.3) is 5.91 Å². The summed E-state index contributed by atoms with van der Waals surface area (Å²) < 4.78 is 6.74. The summed E-state index contributed by atoms with van der Waals surface area (Å²) in [5.41, 5.74) is 2.49. The van der Waals surface area contributed by atoms with Crippen molar-refractivity contribution in [2.45, 2.75) is 0 Å². The van der Waals surface area contributed by atoms with Crippen LogP contribution in [0.5, 0.6) is 0 Å². The second-order valence-corrected chi connectivity index (χ2v) is 6.87. The molecule has 0 saturated heterocycles. The van der Waals surface area contributed by atoms with E-state index in [1.165, 1.54) is 11.0 Å². The van der Waals surface area contributed by atoms with Crippen LogP contribution in [0.15, 0.2) is 60.1 Å². The molecule has 138 valence electrons. The van der Waals surface area contributed by atoms with Crippen molar-refractivity contribution in [2.75, 3.05) is 20.7 Å². The number of likely N-dealkylation sites (N-methyl/N-ethyl adjacent to an activating group) is 1. The molecule has 7 heteroatoms. The van der Waals surface area contributed by atoms with E-state index in [0.717, 1.165) is 21.8 Å². The molecular weight excluding hydrogens is 362 g/mol. The monoisotopic (exact) mass is 381 g/mol.